The van der Waals surface area contributed by atoms with Gasteiger partial charge in [0, 0.05) is 25.0 Å². The molecular formula is C16H21N3. The van der Waals surface area contributed by atoms with Crippen LogP contribution in [0.2, 0.25) is 0 Å². The highest BCUT2D eigenvalue weighted by Crippen LogP contribution is 2.23. The zero-order chi connectivity index (χ0) is 13.8. The van der Waals surface area contributed by atoms with Crippen molar-refractivity contribution in [1.82, 2.24) is 10.3 Å². The molecule has 100 valence electrons. The van der Waals surface area contributed by atoms with Gasteiger partial charge in [0.2, 0.25) is 0 Å². The summed E-state index contributed by atoms with van der Waals surface area (Å²) in [7, 11) is 4.00. The molecule has 19 heavy (non-hydrogen) atoms. The molecule has 2 rings (SSSR count). The summed E-state index contributed by atoms with van der Waals surface area (Å²) in [6.07, 6.45) is 0. The summed E-state index contributed by atoms with van der Waals surface area (Å²) in [5, 5.41) is 3.16. The zero-order valence-corrected chi connectivity index (χ0v) is 12.1. The van der Waals surface area contributed by atoms with Crippen LogP contribution in [0.5, 0.6) is 0 Å². The van der Waals surface area contributed by atoms with Crippen LogP contribution in [0, 0.1) is 13.8 Å². The Hall–Kier alpha value is -1.87. The fraction of sp³-hybridized carbons (Fsp3) is 0.312. The number of pyridine rings is 1. The number of hydrogen-bond donors (Lipinski definition) is 1. The van der Waals surface area contributed by atoms with Gasteiger partial charge >= 0.3 is 0 Å². The molecule has 1 aromatic carbocycles. The number of hydrogen-bond acceptors (Lipinski definition) is 3. The molecule has 0 aliphatic carbocycles. The second-order valence-corrected chi connectivity index (χ2v) is 4.84. The second kappa shape index (κ2) is 5.85. The standard InChI is InChI=1S/C16H21N3/c1-12-6-5-7-15(10-12)19(4)16-9-8-14(11-17-3)13(2)18-16/h5-10,17H,11H2,1-4H3. The van der Waals surface area contributed by atoms with E-state index in [-0.39, 0.29) is 0 Å². The van der Waals surface area contributed by atoms with Crippen LogP contribution in [0.3, 0.4) is 0 Å². The number of nitrogens with one attached hydrogen (secondary N) is 1. The van der Waals surface area contributed by atoms with Crippen LogP contribution in [-0.2, 0) is 6.54 Å². The van der Waals surface area contributed by atoms with Gasteiger partial charge in [0.25, 0.3) is 0 Å². The fourth-order valence-corrected chi connectivity index (χ4v) is 2.11. The summed E-state index contributed by atoms with van der Waals surface area (Å²) in [6, 6.07) is 12.7. The summed E-state index contributed by atoms with van der Waals surface area (Å²) in [5.41, 5.74) is 4.73. The Labute approximate surface area is 115 Å². The highest BCUT2D eigenvalue weighted by atomic mass is 15.2. The van der Waals surface area contributed by atoms with Gasteiger partial charge in [-0.15, -0.1) is 0 Å². The van der Waals surface area contributed by atoms with Gasteiger partial charge in [-0.3, -0.25) is 0 Å². The summed E-state index contributed by atoms with van der Waals surface area (Å²) in [5.74, 6) is 0.975. The first-order chi connectivity index (χ1) is 9.11. The first kappa shape index (κ1) is 13.6. The third-order valence-corrected chi connectivity index (χ3v) is 3.28. The molecule has 0 amide bonds. The lowest BCUT2D eigenvalue weighted by molar-refractivity contribution is 0.804. The molecular weight excluding hydrogens is 234 g/mol. The summed E-state index contributed by atoms with van der Waals surface area (Å²) >= 11 is 0. The predicted octanol–water partition coefficient (Wildman–Crippen LogP) is 3.19. The van der Waals surface area contributed by atoms with Gasteiger partial charge in [0.15, 0.2) is 0 Å². The van der Waals surface area contributed by atoms with Crippen molar-refractivity contribution in [1.29, 1.82) is 0 Å². The normalized spacial score (nSPS) is 10.5. The smallest absolute Gasteiger partial charge is 0.132 e. The summed E-state index contributed by atoms with van der Waals surface area (Å²) in [4.78, 5) is 6.80. The number of anilines is 2. The first-order valence-electron chi connectivity index (χ1n) is 6.53. The Morgan fingerprint density at radius 1 is 1.16 bits per heavy atom. The topological polar surface area (TPSA) is 28.2 Å². The van der Waals surface area contributed by atoms with Crippen LogP contribution in [0.25, 0.3) is 0 Å². The van der Waals surface area contributed by atoms with Crippen LogP contribution in [0.1, 0.15) is 16.8 Å². The van der Waals surface area contributed by atoms with Crippen molar-refractivity contribution >= 4 is 11.5 Å². The van der Waals surface area contributed by atoms with Crippen molar-refractivity contribution in [2.75, 3.05) is 19.0 Å². The second-order valence-electron chi connectivity index (χ2n) is 4.84. The molecule has 1 heterocycles. The molecule has 1 N–H and O–H groups in total. The lowest BCUT2D eigenvalue weighted by Crippen LogP contribution is -2.13. The van der Waals surface area contributed by atoms with E-state index in [4.69, 9.17) is 0 Å². The van der Waals surface area contributed by atoms with E-state index in [2.05, 4.69) is 65.4 Å². The van der Waals surface area contributed by atoms with E-state index in [1.165, 1.54) is 11.1 Å². The molecule has 1 aromatic heterocycles. The SMILES string of the molecule is CNCc1ccc(N(C)c2cccc(C)c2)nc1C. The number of benzene rings is 1. The van der Waals surface area contributed by atoms with Gasteiger partial charge in [0.1, 0.15) is 5.82 Å². The minimum atomic E-state index is 0.854. The Kier molecular flexibility index (Phi) is 4.17. The van der Waals surface area contributed by atoms with E-state index in [1.54, 1.807) is 0 Å². The zero-order valence-electron chi connectivity index (χ0n) is 12.1. The monoisotopic (exact) mass is 255 g/mol. The molecule has 0 spiro atoms. The van der Waals surface area contributed by atoms with E-state index < -0.39 is 0 Å². The number of rotatable bonds is 4. The third kappa shape index (κ3) is 3.12. The summed E-state index contributed by atoms with van der Waals surface area (Å²) in [6.45, 7) is 5.01. The first-order valence-corrected chi connectivity index (χ1v) is 6.53. The van der Waals surface area contributed by atoms with Crippen molar-refractivity contribution in [2.24, 2.45) is 0 Å². The minimum absolute atomic E-state index is 0.854. The Balaban J connectivity index is 2.29. The van der Waals surface area contributed by atoms with Gasteiger partial charge in [-0.25, -0.2) is 4.98 Å². The number of aromatic nitrogens is 1. The van der Waals surface area contributed by atoms with Gasteiger partial charge in [0.05, 0.1) is 0 Å². The van der Waals surface area contributed by atoms with Crippen molar-refractivity contribution in [3.8, 4) is 0 Å². The predicted molar refractivity (Wildman–Crippen MR) is 81.0 cm³/mol. The van der Waals surface area contributed by atoms with E-state index >= 15 is 0 Å². The largest absolute Gasteiger partial charge is 0.329 e. The molecule has 0 saturated carbocycles. The van der Waals surface area contributed by atoms with Gasteiger partial charge < -0.3 is 10.2 Å². The molecule has 0 atom stereocenters. The van der Waals surface area contributed by atoms with Crippen LogP contribution in [-0.4, -0.2) is 19.1 Å². The minimum Gasteiger partial charge on any atom is -0.329 e. The van der Waals surface area contributed by atoms with Gasteiger partial charge in [-0.1, -0.05) is 18.2 Å². The molecule has 0 unspecified atom stereocenters. The maximum atomic E-state index is 4.68. The lowest BCUT2D eigenvalue weighted by atomic mass is 10.2. The van der Waals surface area contributed by atoms with Crippen LogP contribution >= 0.6 is 0 Å². The quantitative estimate of drug-likeness (QED) is 0.909. The van der Waals surface area contributed by atoms with Crippen LogP contribution in [0.4, 0.5) is 11.5 Å². The van der Waals surface area contributed by atoms with E-state index in [9.17, 15) is 0 Å². The van der Waals surface area contributed by atoms with Crippen molar-refractivity contribution in [2.45, 2.75) is 20.4 Å². The van der Waals surface area contributed by atoms with E-state index in [0.29, 0.717) is 0 Å². The number of nitrogens with zero attached hydrogens (tertiary/aromatic N) is 2. The molecule has 0 saturated heterocycles. The average molecular weight is 255 g/mol. The summed E-state index contributed by atoms with van der Waals surface area (Å²) < 4.78 is 0. The van der Waals surface area contributed by atoms with Gasteiger partial charge in [-0.2, -0.15) is 0 Å². The Morgan fingerprint density at radius 3 is 2.58 bits per heavy atom. The molecule has 2 aromatic rings. The fourth-order valence-electron chi connectivity index (χ4n) is 2.11. The highest BCUT2D eigenvalue weighted by molar-refractivity contribution is 5.60. The molecule has 0 fully saturated rings. The highest BCUT2D eigenvalue weighted by Gasteiger charge is 2.07. The van der Waals surface area contributed by atoms with Crippen LogP contribution < -0.4 is 10.2 Å². The Morgan fingerprint density at radius 2 is 1.95 bits per heavy atom. The molecule has 0 aliphatic rings. The number of aryl methyl sites for hydroxylation is 2. The molecule has 3 nitrogen and oxygen atoms in total. The average Bonchev–Trinajstić information content (AvgIpc) is 2.40. The maximum absolute atomic E-state index is 4.68. The molecule has 0 bridgehead atoms. The lowest BCUT2D eigenvalue weighted by Gasteiger charge is -2.20. The van der Waals surface area contributed by atoms with Crippen molar-refractivity contribution in [3.05, 3.63) is 53.2 Å². The van der Waals surface area contributed by atoms with Crippen molar-refractivity contribution < 1.29 is 0 Å². The third-order valence-electron chi connectivity index (χ3n) is 3.28. The Bertz CT molecular complexity index is 564. The van der Waals surface area contributed by atoms with Gasteiger partial charge in [-0.05, 0) is 50.2 Å². The molecule has 0 aliphatic heterocycles. The van der Waals surface area contributed by atoms with Crippen molar-refractivity contribution in [3.63, 3.8) is 0 Å². The van der Waals surface area contributed by atoms with Crippen LogP contribution in [0.15, 0.2) is 36.4 Å². The molecule has 0 radical (unpaired) electrons. The van der Waals surface area contributed by atoms with E-state index in [1.807, 2.05) is 14.1 Å². The maximum Gasteiger partial charge on any atom is 0.132 e. The molecule has 3 heteroatoms. The van der Waals surface area contributed by atoms with E-state index in [0.717, 1.165) is 23.7 Å².